The molecule has 2 heterocycles. The highest BCUT2D eigenvalue weighted by atomic mass is 16.2. The fourth-order valence-corrected chi connectivity index (χ4v) is 3.93. The van der Waals surface area contributed by atoms with Gasteiger partial charge in [-0.15, -0.1) is 12.3 Å². The van der Waals surface area contributed by atoms with Crippen LogP contribution >= 0.6 is 0 Å². The molecule has 142 valence electrons. The number of hydrogen-bond acceptors (Lipinski definition) is 3. The van der Waals surface area contributed by atoms with E-state index < -0.39 is 0 Å². The van der Waals surface area contributed by atoms with Crippen LogP contribution in [0.3, 0.4) is 0 Å². The predicted octanol–water partition coefficient (Wildman–Crippen LogP) is 2.32. The standard InChI is InChI=1S/C23H23N3O2/c1-2-3-12-24-13-15-25(16-14-24)22(27)17-26-20-10-6-4-8-18(20)23(28)19-9-5-7-11-21(19)26/h1,4-11H,3,12-17H2. The van der Waals surface area contributed by atoms with Crippen LogP contribution in [-0.2, 0) is 11.3 Å². The highest BCUT2D eigenvalue weighted by molar-refractivity contribution is 5.94. The van der Waals surface area contributed by atoms with Gasteiger partial charge >= 0.3 is 0 Å². The second-order valence-corrected chi connectivity index (χ2v) is 7.13. The maximum absolute atomic E-state index is 13.0. The highest BCUT2D eigenvalue weighted by Crippen LogP contribution is 2.19. The minimum Gasteiger partial charge on any atom is -0.339 e. The minimum atomic E-state index is 0.0111. The molecule has 1 aliphatic rings. The number of hydrogen-bond donors (Lipinski definition) is 0. The van der Waals surface area contributed by atoms with Crippen molar-refractivity contribution in [1.29, 1.82) is 0 Å². The summed E-state index contributed by atoms with van der Waals surface area (Å²) in [4.78, 5) is 30.1. The molecule has 1 aliphatic heterocycles. The molecular weight excluding hydrogens is 350 g/mol. The Morgan fingerprint density at radius 2 is 1.50 bits per heavy atom. The van der Waals surface area contributed by atoms with Crippen molar-refractivity contribution in [2.75, 3.05) is 32.7 Å². The number of nitrogens with zero attached hydrogens (tertiary/aromatic N) is 3. The van der Waals surface area contributed by atoms with Crippen LogP contribution in [0.4, 0.5) is 0 Å². The third kappa shape index (κ3) is 3.39. The van der Waals surface area contributed by atoms with Gasteiger partial charge in [-0.05, 0) is 24.3 Å². The summed E-state index contributed by atoms with van der Waals surface area (Å²) in [5, 5.41) is 1.29. The third-order valence-electron chi connectivity index (χ3n) is 5.47. The van der Waals surface area contributed by atoms with E-state index in [4.69, 9.17) is 6.42 Å². The van der Waals surface area contributed by atoms with E-state index in [2.05, 4.69) is 10.8 Å². The Morgan fingerprint density at radius 1 is 0.929 bits per heavy atom. The summed E-state index contributed by atoms with van der Waals surface area (Å²) in [5.41, 5.74) is 1.61. The normalized spacial score (nSPS) is 15.0. The van der Waals surface area contributed by atoms with Crippen LogP contribution in [0.25, 0.3) is 21.8 Å². The van der Waals surface area contributed by atoms with E-state index >= 15 is 0 Å². The van der Waals surface area contributed by atoms with E-state index in [0.29, 0.717) is 23.9 Å². The van der Waals surface area contributed by atoms with Crippen molar-refractivity contribution in [2.45, 2.75) is 13.0 Å². The fourth-order valence-electron chi connectivity index (χ4n) is 3.93. The van der Waals surface area contributed by atoms with E-state index in [0.717, 1.165) is 37.1 Å². The fraction of sp³-hybridized carbons (Fsp3) is 0.304. The van der Waals surface area contributed by atoms with Crippen molar-refractivity contribution in [3.05, 3.63) is 58.8 Å². The zero-order valence-electron chi connectivity index (χ0n) is 15.8. The molecule has 3 aromatic rings. The van der Waals surface area contributed by atoms with Crippen molar-refractivity contribution in [3.63, 3.8) is 0 Å². The topological polar surface area (TPSA) is 45.5 Å². The second-order valence-electron chi connectivity index (χ2n) is 7.13. The number of piperazine rings is 1. The maximum atomic E-state index is 13.0. The maximum Gasteiger partial charge on any atom is 0.242 e. The van der Waals surface area contributed by atoms with E-state index in [1.54, 1.807) is 0 Å². The number of carbonyl (C=O) groups excluding carboxylic acids is 1. The average Bonchev–Trinajstić information content (AvgIpc) is 2.75. The van der Waals surface area contributed by atoms with Gasteiger partial charge in [-0.2, -0.15) is 0 Å². The molecule has 0 atom stereocenters. The number of aromatic nitrogens is 1. The van der Waals surface area contributed by atoms with Gasteiger partial charge in [0.05, 0.1) is 11.0 Å². The molecule has 0 aliphatic carbocycles. The highest BCUT2D eigenvalue weighted by Gasteiger charge is 2.22. The molecule has 1 amide bonds. The molecule has 0 unspecified atom stereocenters. The van der Waals surface area contributed by atoms with Crippen LogP contribution in [-0.4, -0.2) is 53.0 Å². The molecule has 0 spiro atoms. The van der Waals surface area contributed by atoms with Crippen LogP contribution in [0.2, 0.25) is 0 Å². The van der Waals surface area contributed by atoms with E-state index in [1.807, 2.05) is 58.0 Å². The first-order chi connectivity index (χ1) is 13.7. The lowest BCUT2D eigenvalue weighted by atomic mass is 10.1. The molecule has 0 bridgehead atoms. The van der Waals surface area contributed by atoms with Crippen LogP contribution in [0, 0.1) is 12.3 Å². The van der Waals surface area contributed by atoms with Gasteiger partial charge in [-0.3, -0.25) is 14.5 Å². The molecule has 0 saturated carbocycles. The minimum absolute atomic E-state index is 0.0111. The Hall–Kier alpha value is -3.10. The molecule has 5 nitrogen and oxygen atoms in total. The van der Waals surface area contributed by atoms with Gasteiger partial charge < -0.3 is 9.47 Å². The van der Waals surface area contributed by atoms with Gasteiger partial charge in [0.15, 0.2) is 5.43 Å². The lowest BCUT2D eigenvalue weighted by Gasteiger charge is -2.34. The molecule has 28 heavy (non-hydrogen) atoms. The van der Waals surface area contributed by atoms with Crippen molar-refractivity contribution in [2.24, 2.45) is 0 Å². The Kier molecular flexibility index (Phi) is 5.14. The number of terminal acetylenes is 1. The Morgan fingerprint density at radius 3 is 2.07 bits per heavy atom. The lowest BCUT2D eigenvalue weighted by Crippen LogP contribution is -2.49. The quantitative estimate of drug-likeness (QED) is 0.521. The average molecular weight is 373 g/mol. The van der Waals surface area contributed by atoms with Crippen LogP contribution in [0.1, 0.15) is 6.42 Å². The second kappa shape index (κ2) is 7.87. The number of amides is 1. The zero-order valence-corrected chi connectivity index (χ0v) is 15.8. The Labute approximate surface area is 164 Å². The summed E-state index contributed by atoms with van der Waals surface area (Å²) in [7, 11) is 0. The van der Waals surface area contributed by atoms with Crippen LogP contribution in [0.15, 0.2) is 53.3 Å². The molecule has 5 heteroatoms. The molecule has 0 N–H and O–H groups in total. The predicted molar refractivity (Wildman–Crippen MR) is 112 cm³/mol. The van der Waals surface area contributed by atoms with Crippen molar-refractivity contribution in [3.8, 4) is 12.3 Å². The number of para-hydroxylation sites is 2. The summed E-state index contributed by atoms with van der Waals surface area (Å²) >= 11 is 0. The number of rotatable bonds is 4. The number of fused-ring (bicyclic) bond motifs is 2. The Bertz CT molecular complexity index is 1060. The van der Waals surface area contributed by atoms with E-state index in [1.165, 1.54) is 0 Å². The number of benzene rings is 2. The van der Waals surface area contributed by atoms with Crippen molar-refractivity contribution >= 4 is 27.7 Å². The third-order valence-corrected chi connectivity index (χ3v) is 5.47. The largest absolute Gasteiger partial charge is 0.339 e. The summed E-state index contributed by atoms with van der Waals surface area (Å²) < 4.78 is 1.97. The van der Waals surface area contributed by atoms with Crippen LogP contribution < -0.4 is 5.43 Å². The zero-order chi connectivity index (χ0) is 19.5. The molecule has 0 radical (unpaired) electrons. The molecule has 4 rings (SSSR count). The van der Waals surface area contributed by atoms with Gasteiger partial charge in [0.2, 0.25) is 5.91 Å². The number of pyridine rings is 1. The van der Waals surface area contributed by atoms with Gasteiger partial charge in [0, 0.05) is 49.9 Å². The molecule has 2 aromatic carbocycles. The summed E-state index contributed by atoms with van der Waals surface area (Å²) in [6.07, 6.45) is 6.08. The summed E-state index contributed by atoms with van der Waals surface area (Å²) in [6, 6.07) is 15.0. The van der Waals surface area contributed by atoms with Gasteiger partial charge in [-0.25, -0.2) is 0 Å². The summed E-state index contributed by atoms with van der Waals surface area (Å²) in [6.45, 7) is 4.22. The van der Waals surface area contributed by atoms with E-state index in [9.17, 15) is 9.59 Å². The van der Waals surface area contributed by atoms with Crippen molar-refractivity contribution in [1.82, 2.24) is 14.4 Å². The first-order valence-corrected chi connectivity index (χ1v) is 9.63. The Balaban J connectivity index is 1.63. The lowest BCUT2D eigenvalue weighted by molar-refractivity contribution is -0.133. The smallest absolute Gasteiger partial charge is 0.242 e. The SMILES string of the molecule is C#CCCN1CCN(C(=O)Cn2c3ccccc3c(=O)c3ccccc32)CC1. The van der Waals surface area contributed by atoms with Crippen LogP contribution in [0.5, 0.6) is 0 Å². The molecule has 1 fully saturated rings. The van der Waals surface area contributed by atoms with Crippen molar-refractivity contribution < 1.29 is 4.79 Å². The van der Waals surface area contributed by atoms with Gasteiger partial charge in [0.25, 0.3) is 0 Å². The monoisotopic (exact) mass is 373 g/mol. The molecule has 1 saturated heterocycles. The molecular formula is C23H23N3O2. The first kappa shape index (κ1) is 18.3. The van der Waals surface area contributed by atoms with E-state index in [-0.39, 0.29) is 17.9 Å². The van der Waals surface area contributed by atoms with Gasteiger partial charge in [0.1, 0.15) is 6.54 Å². The number of carbonyl (C=O) groups is 1. The first-order valence-electron chi connectivity index (χ1n) is 9.63. The van der Waals surface area contributed by atoms with Gasteiger partial charge in [-0.1, -0.05) is 24.3 Å². The summed E-state index contributed by atoms with van der Waals surface area (Å²) in [5.74, 6) is 2.75. The molecule has 1 aromatic heterocycles.